The van der Waals surface area contributed by atoms with Crippen LogP contribution in [0.25, 0.3) is 0 Å². The number of benzene rings is 1. The van der Waals surface area contributed by atoms with Gasteiger partial charge in [0, 0.05) is 0 Å². The molecule has 0 amide bonds. The first-order valence-electron chi connectivity index (χ1n) is 7.33. The van der Waals surface area contributed by atoms with Crippen molar-refractivity contribution < 1.29 is 14.6 Å². The third-order valence-corrected chi connectivity index (χ3v) is 3.69. The van der Waals surface area contributed by atoms with Gasteiger partial charge in [0.25, 0.3) is 0 Å². The summed E-state index contributed by atoms with van der Waals surface area (Å²) in [6.07, 6.45) is 6.58. The quantitative estimate of drug-likeness (QED) is 0.854. The maximum Gasteiger partial charge on any atom is 0.161 e. The Morgan fingerprint density at radius 2 is 1.89 bits per heavy atom. The highest BCUT2D eigenvalue weighted by Gasteiger charge is 2.15. The fourth-order valence-electron chi connectivity index (χ4n) is 2.60. The van der Waals surface area contributed by atoms with Crippen LogP contribution in [0.5, 0.6) is 11.5 Å². The first-order valence-corrected chi connectivity index (χ1v) is 7.33. The highest BCUT2D eigenvalue weighted by molar-refractivity contribution is 5.42. The normalized spacial score (nSPS) is 16.3. The van der Waals surface area contributed by atoms with Crippen molar-refractivity contribution in [2.75, 3.05) is 13.2 Å². The summed E-state index contributed by atoms with van der Waals surface area (Å²) < 4.78 is 11.5. The van der Waals surface area contributed by atoms with E-state index in [1.165, 1.54) is 32.1 Å². The fraction of sp³-hybridized carbons (Fsp3) is 0.625. The lowest BCUT2D eigenvalue weighted by atomic mass is 9.90. The number of aliphatic hydroxyl groups excluding tert-OH is 1. The summed E-state index contributed by atoms with van der Waals surface area (Å²) in [5.41, 5.74) is 0.855. The van der Waals surface area contributed by atoms with Crippen molar-refractivity contribution in [2.24, 2.45) is 5.92 Å². The molecule has 19 heavy (non-hydrogen) atoms. The molecule has 3 nitrogen and oxygen atoms in total. The molecule has 1 N–H and O–H groups in total. The zero-order valence-corrected chi connectivity index (χ0v) is 11.7. The van der Waals surface area contributed by atoms with Crippen molar-refractivity contribution in [1.29, 1.82) is 0 Å². The molecular weight excluding hydrogens is 240 g/mol. The minimum Gasteiger partial charge on any atom is -0.490 e. The van der Waals surface area contributed by atoms with Crippen LogP contribution in [0.4, 0.5) is 0 Å². The lowest BCUT2D eigenvalue weighted by Crippen LogP contribution is -2.15. The topological polar surface area (TPSA) is 38.7 Å². The summed E-state index contributed by atoms with van der Waals surface area (Å²) in [5, 5.41) is 9.16. The first-order chi connectivity index (χ1) is 9.33. The highest BCUT2D eigenvalue weighted by atomic mass is 16.5. The van der Waals surface area contributed by atoms with Crippen LogP contribution in [0, 0.1) is 5.92 Å². The van der Waals surface area contributed by atoms with Crippen molar-refractivity contribution in [1.82, 2.24) is 0 Å². The monoisotopic (exact) mass is 264 g/mol. The molecule has 106 valence electrons. The van der Waals surface area contributed by atoms with E-state index in [2.05, 4.69) is 0 Å². The van der Waals surface area contributed by atoms with Gasteiger partial charge in [0.05, 0.1) is 19.8 Å². The van der Waals surface area contributed by atoms with Gasteiger partial charge < -0.3 is 14.6 Å². The van der Waals surface area contributed by atoms with E-state index in [0.717, 1.165) is 23.7 Å². The molecule has 0 heterocycles. The second-order valence-electron chi connectivity index (χ2n) is 5.19. The van der Waals surface area contributed by atoms with E-state index in [0.29, 0.717) is 12.5 Å². The zero-order valence-electron chi connectivity index (χ0n) is 11.7. The van der Waals surface area contributed by atoms with Crippen LogP contribution < -0.4 is 9.47 Å². The third kappa shape index (κ3) is 4.13. The van der Waals surface area contributed by atoms with Crippen molar-refractivity contribution in [3.8, 4) is 11.5 Å². The van der Waals surface area contributed by atoms with E-state index in [9.17, 15) is 0 Å². The van der Waals surface area contributed by atoms with Crippen LogP contribution in [0.1, 0.15) is 44.6 Å². The predicted molar refractivity (Wildman–Crippen MR) is 75.6 cm³/mol. The number of rotatable bonds is 6. The van der Waals surface area contributed by atoms with Gasteiger partial charge in [-0.25, -0.2) is 0 Å². The smallest absolute Gasteiger partial charge is 0.161 e. The van der Waals surface area contributed by atoms with Crippen LogP contribution >= 0.6 is 0 Å². The molecule has 0 aliphatic heterocycles. The van der Waals surface area contributed by atoms with Crippen LogP contribution in [0.2, 0.25) is 0 Å². The summed E-state index contributed by atoms with van der Waals surface area (Å²) in [7, 11) is 0. The van der Waals surface area contributed by atoms with Crippen molar-refractivity contribution >= 4 is 0 Å². The minimum atomic E-state index is 0.0307. The number of hydrogen-bond acceptors (Lipinski definition) is 3. The van der Waals surface area contributed by atoms with Crippen LogP contribution in [0.15, 0.2) is 18.2 Å². The largest absolute Gasteiger partial charge is 0.490 e. The Morgan fingerprint density at radius 3 is 2.58 bits per heavy atom. The Balaban J connectivity index is 1.97. The molecule has 1 saturated carbocycles. The molecule has 1 fully saturated rings. The number of aliphatic hydroxyl groups is 1. The lowest BCUT2D eigenvalue weighted by Gasteiger charge is -2.22. The lowest BCUT2D eigenvalue weighted by molar-refractivity contribution is 0.199. The number of ether oxygens (including phenoxy) is 2. The molecule has 0 aromatic heterocycles. The second kappa shape index (κ2) is 7.39. The van der Waals surface area contributed by atoms with Gasteiger partial charge in [-0.3, -0.25) is 0 Å². The van der Waals surface area contributed by atoms with Crippen molar-refractivity contribution in [3.63, 3.8) is 0 Å². The van der Waals surface area contributed by atoms with Gasteiger partial charge in [-0.1, -0.05) is 25.3 Å². The van der Waals surface area contributed by atoms with Gasteiger partial charge >= 0.3 is 0 Å². The van der Waals surface area contributed by atoms with Crippen molar-refractivity contribution in [3.05, 3.63) is 23.8 Å². The average Bonchev–Trinajstić information content (AvgIpc) is 2.47. The van der Waals surface area contributed by atoms with E-state index in [-0.39, 0.29) is 6.61 Å². The Bertz CT molecular complexity index is 384. The van der Waals surface area contributed by atoms with Gasteiger partial charge in [0.1, 0.15) is 0 Å². The Hall–Kier alpha value is -1.22. The Kier molecular flexibility index (Phi) is 5.52. The SMILES string of the molecule is CCOc1cc(CO)ccc1OCC1CCCCC1. The predicted octanol–water partition coefficient (Wildman–Crippen LogP) is 3.54. The molecule has 0 atom stereocenters. The zero-order chi connectivity index (χ0) is 13.5. The van der Waals surface area contributed by atoms with E-state index in [1.54, 1.807) is 0 Å². The molecule has 2 rings (SSSR count). The summed E-state index contributed by atoms with van der Waals surface area (Å²) >= 11 is 0. The fourth-order valence-corrected chi connectivity index (χ4v) is 2.60. The van der Waals surface area contributed by atoms with Gasteiger partial charge in [-0.2, -0.15) is 0 Å². The molecule has 0 spiro atoms. The Labute approximate surface area is 115 Å². The highest BCUT2D eigenvalue weighted by Crippen LogP contribution is 2.31. The summed E-state index contributed by atoms with van der Waals surface area (Å²) in [6, 6.07) is 5.65. The third-order valence-electron chi connectivity index (χ3n) is 3.69. The van der Waals surface area contributed by atoms with Crippen LogP contribution in [-0.4, -0.2) is 18.3 Å². The molecule has 1 aromatic carbocycles. The molecule has 1 aliphatic carbocycles. The Morgan fingerprint density at radius 1 is 1.11 bits per heavy atom. The minimum absolute atomic E-state index is 0.0307. The van der Waals surface area contributed by atoms with E-state index in [1.807, 2.05) is 25.1 Å². The van der Waals surface area contributed by atoms with E-state index >= 15 is 0 Å². The van der Waals surface area contributed by atoms with E-state index < -0.39 is 0 Å². The molecule has 0 saturated heterocycles. The maximum atomic E-state index is 9.16. The molecule has 3 heteroatoms. The summed E-state index contributed by atoms with van der Waals surface area (Å²) in [4.78, 5) is 0. The molecule has 0 bridgehead atoms. The summed E-state index contributed by atoms with van der Waals surface area (Å²) in [5.74, 6) is 2.22. The number of hydrogen-bond donors (Lipinski definition) is 1. The molecule has 0 radical (unpaired) electrons. The van der Waals surface area contributed by atoms with Gasteiger partial charge in [-0.05, 0) is 43.4 Å². The average molecular weight is 264 g/mol. The van der Waals surface area contributed by atoms with Gasteiger partial charge in [0.15, 0.2) is 11.5 Å². The standard InChI is InChI=1S/C16H24O3/c1-2-18-16-10-14(11-17)8-9-15(16)19-12-13-6-4-3-5-7-13/h8-10,13,17H,2-7,11-12H2,1H3. The van der Waals surface area contributed by atoms with Crippen LogP contribution in [0.3, 0.4) is 0 Å². The second-order valence-corrected chi connectivity index (χ2v) is 5.19. The molecule has 1 aliphatic rings. The van der Waals surface area contributed by atoms with E-state index in [4.69, 9.17) is 14.6 Å². The van der Waals surface area contributed by atoms with Gasteiger partial charge in [-0.15, -0.1) is 0 Å². The molecular formula is C16H24O3. The maximum absolute atomic E-state index is 9.16. The van der Waals surface area contributed by atoms with Gasteiger partial charge in [0.2, 0.25) is 0 Å². The summed E-state index contributed by atoms with van der Waals surface area (Å²) in [6.45, 7) is 3.37. The van der Waals surface area contributed by atoms with Crippen LogP contribution in [-0.2, 0) is 6.61 Å². The van der Waals surface area contributed by atoms with Crippen molar-refractivity contribution in [2.45, 2.75) is 45.6 Å². The molecule has 0 unspecified atom stereocenters. The first kappa shape index (κ1) is 14.2. The molecule has 1 aromatic rings.